The maximum atomic E-state index is 13.2. The van der Waals surface area contributed by atoms with Gasteiger partial charge in [0.1, 0.15) is 11.6 Å². The van der Waals surface area contributed by atoms with E-state index in [-0.39, 0.29) is 12.3 Å². The van der Waals surface area contributed by atoms with Crippen molar-refractivity contribution in [3.63, 3.8) is 0 Å². The smallest absolute Gasteiger partial charge is 0.223 e. The number of aliphatic hydroxyl groups excluding tert-OH is 1. The predicted molar refractivity (Wildman–Crippen MR) is 93.5 cm³/mol. The summed E-state index contributed by atoms with van der Waals surface area (Å²) in [6, 6.07) is 13.5. The molecule has 1 heterocycles. The van der Waals surface area contributed by atoms with Gasteiger partial charge < -0.3 is 15.0 Å². The van der Waals surface area contributed by atoms with Crippen LogP contribution in [-0.4, -0.2) is 27.1 Å². The molecule has 0 aliphatic heterocycles. The number of aryl methyl sites for hydroxylation is 1. The Morgan fingerprint density at radius 2 is 2.08 bits per heavy atom. The largest absolute Gasteiger partial charge is 0.388 e. The number of benzene rings is 2. The van der Waals surface area contributed by atoms with E-state index in [0.29, 0.717) is 18.7 Å². The van der Waals surface area contributed by atoms with Crippen LogP contribution in [0.15, 0.2) is 48.5 Å². The number of nitrogens with one attached hydrogen (secondary N) is 1. The maximum Gasteiger partial charge on any atom is 0.223 e. The second-order valence-electron chi connectivity index (χ2n) is 5.92. The highest BCUT2D eigenvalue weighted by Gasteiger charge is 2.14. The quantitative estimate of drug-likeness (QED) is 0.724. The number of hydrogen-bond donors (Lipinski definition) is 2. The van der Waals surface area contributed by atoms with E-state index in [4.69, 9.17) is 0 Å². The zero-order valence-electron chi connectivity index (χ0n) is 13.9. The number of fused-ring (bicyclic) bond motifs is 1. The first-order valence-corrected chi connectivity index (χ1v) is 8.16. The lowest BCUT2D eigenvalue weighted by molar-refractivity contribution is -0.123. The van der Waals surface area contributed by atoms with Crippen LogP contribution in [0.4, 0.5) is 4.39 Å². The molecule has 0 fully saturated rings. The lowest BCUT2D eigenvalue weighted by Crippen LogP contribution is -2.28. The Kier molecular flexibility index (Phi) is 5.09. The molecular weight excluding hydrogens is 321 g/mol. The SMILES string of the molecule is Cc1nc2ccccc2n1CCNC(=O)CC(O)c1cccc(F)c1. The Bertz CT molecular complexity index is 891. The van der Waals surface area contributed by atoms with E-state index in [1.165, 1.54) is 18.2 Å². The number of aromatic nitrogens is 2. The monoisotopic (exact) mass is 341 g/mol. The van der Waals surface area contributed by atoms with Gasteiger partial charge in [-0.3, -0.25) is 4.79 Å². The van der Waals surface area contributed by atoms with Crippen LogP contribution < -0.4 is 5.32 Å². The molecule has 1 unspecified atom stereocenters. The molecule has 25 heavy (non-hydrogen) atoms. The Hall–Kier alpha value is -2.73. The van der Waals surface area contributed by atoms with Crippen molar-refractivity contribution in [3.05, 3.63) is 65.7 Å². The van der Waals surface area contributed by atoms with Crippen molar-refractivity contribution in [2.24, 2.45) is 0 Å². The van der Waals surface area contributed by atoms with Crippen LogP contribution in [0.25, 0.3) is 11.0 Å². The molecule has 2 N–H and O–H groups in total. The summed E-state index contributed by atoms with van der Waals surface area (Å²) in [5.41, 5.74) is 2.34. The standard InChI is InChI=1S/C19H20FN3O2/c1-13-22-16-7-2-3-8-17(16)23(13)10-9-21-19(25)12-18(24)14-5-4-6-15(20)11-14/h2-8,11,18,24H,9-10,12H2,1H3,(H,21,25). The minimum atomic E-state index is -1.02. The maximum absolute atomic E-state index is 13.2. The normalized spacial score (nSPS) is 12.3. The lowest BCUT2D eigenvalue weighted by Gasteiger charge is -2.12. The van der Waals surface area contributed by atoms with E-state index in [1.54, 1.807) is 6.07 Å². The third-order valence-electron chi connectivity index (χ3n) is 4.12. The number of hydrogen-bond acceptors (Lipinski definition) is 3. The van der Waals surface area contributed by atoms with Crippen molar-refractivity contribution in [3.8, 4) is 0 Å². The number of amides is 1. The molecule has 1 amide bonds. The third kappa shape index (κ3) is 4.03. The molecule has 3 aromatic rings. The predicted octanol–water partition coefficient (Wildman–Crippen LogP) is 2.72. The molecule has 0 saturated heterocycles. The molecule has 5 nitrogen and oxygen atoms in total. The van der Waals surface area contributed by atoms with Crippen LogP contribution in [-0.2, 0) is 11.3 Å². The number of carbonyl (C=O) groups excluding carboxylic acids is 1. The average Bonchev–Trinajstić information content (AvgIpc) is 2.90. The molecular formula is C19H20FN3O2. The molecule has 0 saturated carbocycles. The van der Waals surface area contributed by atoms with Gasteiger partial charge in [0.15, 0.2) is 0 Å². The van der Waals surface area contributed by atoms with E-state index in [2.05, 4.69) is 10.3 Å². The molecule has 0 bridgehead atoms. The molecule has 3 rings (SSSR count). The van der Waals surface area contributed by atoms with Crippen LogP contribution in [0.1, 0.15) is 23.9 Å². The van der Waals surface area contributed by atoms with Gasteiger partial charge in [-0.15, -0.1) is 0 Å². The van der Waals surface area contributed by atoms with Crippen LogP contribution in [0, 0.1) is 12.7 Å². The van der Waals surface area contributed by atoms with E-state index < -0.39 is 11.9 Å². The molecule has 0 radical (unpaired) electrons. The fourth-order valence-electron chi connectivity index (χ4n) is 2.86. The Labute approximate surface area is 145 Å². The summed E-state index contributed by atoms with van der Waals surface area (Å²) in [5, 5.41) is 12.8. The Balaban J connectivity index is 1.55. The van der Waals surface area contributed by atoms with Crippen LogP contribution in [0.3, 0.4) is 0 Å². The van der Waals surface area contributed by atoms with Crippen molar-refractivity contribution in [2.45, 2.75) is 26.0 Å². The lowest BCUT2D eigenvalue weighted by atomic mass is 10.1. The van der Waals surface area contributed by atoms with E-state index in [9.17, 15) is 14.3 Å². The summed E-state index contributed by atoms with van der Waals surface area (Å²) in [6.07, 6.45) is -1.13. The van der Waals surface area contributed by atoms with Crippen LogP contribution in [0.5, 0.6) is 0 Å². The highest BCUT2D eigenvalue weighted by Crippen LogP contribution is 2.17. The topological polar surface area (TPSA) is 67.2 Å². The number of para-hydroxylation sites is 2. The number of carbonyl (C=O) groups is 1. The van der Waals surface area contributed by atoms with Crippen molar-refractivity contribution >= 4 is 16.9 Å². The van der Waals surface area contributed by atoms with E-state index >= 15 is 0 Å². The molecule has 6 heteroatoms. The molecule has 2 aromatic carbocycles. The summed E-state index contributed by atoms with van der Waals surface area (Å²) < 4.78 is 15.2. The van der Waals surface area contributed by atoms with Gasteiger partial charge in [0.25, 0.3) is 0 Å². The third-order valence-corrected chi connectivity index (χ3v) is 4.12. The zero-order chi connectivity index (χ0) is 17.8. The number of rotatable bonds is 6. The minimum absolute atomic E-state index is 0.104. The van der Waals surface area contributed by atoms with Gasteiger partial charge in [0.05, 0.1) is 23.6 Å². The van der Waals surface area contributed by atoms with Gasteiger partial charge in [-0.2, -0.15) is 0 Å². The van der Waals surface area contributed by atoms with Crippen LogP contribution in [0.2, 0.25) is 0 Å². The second-order valence-corrected chi connectivity index (χ2v) is 5.92. The summed E-state index contributed by atoms with van der Waals surface area (Å²) >= 11 is 0. The Morgan fingerprint density at radius 1 is 1.28 bits per heavy atom. The molecule has 0 aliphatic carbocycles. The average molecular weight is 341 g/mol. The summed E-state index contributed by atoms with van der Waals surface area (Å²) in [7, 11) is 0. The van der Waals surface area contributed by atoms with Crippen molar-refractivity contribution in [1.29, 1.82) is 0 Å². The fraction of sp³-hybridized carbons (Fsp3) is 0.263. The van der Waals surface area contributed by atoms with Crippen molar-refractivity contribution in [2.75, 3.05) is 6.54 Å². The van der Waals surface area contributed by atoms with Gasteiger partial charge in [0.2, 0.25) is 5.91 Å². The highest BCUT2D eigenvalue weighted by molar-refractivity contribution is 5.77. The molecule has 1 atom stereocenters. The summed E-state index contributed by atoms with van der Waals surface area (Å²) in [5.74, 6) is 0.175. The van der Waals surface area contributed by atoms with Crippen LogP contribution >= 0.6 is 0 Å². The number of aliphatic hydroxyl groups is 1. The van der Waals surface area contributed by atoms with E-state index in [1.807, 2.05) is 35.8 Å². The summed E-state index contributed by atoms with van der Waals surface area (Å²) in [6.45, 7) is 2.94. The summed E-state index contributed by atoms with van der Waals surface area (Å²) in [4.78, 5) is 16.5. The zero-order valence-corrected chi connectivity index (χ0v) is 13.9. The van der Waals surface area contributed by atoms with Gasteiger partial charge >= 0.3 is 0 Å². The first kappa shape index (κ1) is 17.1. The Morgan fingerprint density at radius 3 is 2.88 bits per heavy atom. The van der Waals surface area contributed by atoms with Crippen molar-refractivity contribution < 1.29 is 14.3 Å². The number of imidazole rings is 1. The minimum Gasteiger partial charge on any atom is -0.388 e. The van der Waals surface area contributed by atoms with Gasteiger partial charge in [-0.05, 0) is 36.8 Å². The van der Waals surface area contributed by atoms with E-state index in [0.717, 1.165) is 16.9 Å². The first-order valence-electron chi connectivity index (χ1n) is 8.16. The highest BCUT2D eigenvalue weighted by atomic mass is 19.1. The number of halogens is 1. The number of nitrogens with zero attached hydrogens (tertiary/aromatic N) is 2. The molecule has 0 spiro atoms. The second kappa shape index (κ2) is 7.44. The molecule has 0 aliphatic rings. The van der Waals surface area contributed by atoms with Gasteiger partial charge in [-0.1, -0.05) is 24.3 Å². The van der Waals surface area contributed by atoms with Gasteiger partial charge in [-0.25, -0.2) is 9.37 Å². The molecule has 1 aromatic heterocycles. The first-order chi connectivity index (χ1) is 12.0. The molecule has 130 valence electrons. The fourth-order valence-corrected chi connectivity index (χ4v) is 2.86. The van der Waals surface area contributed by atoms with Crippen molar-refractivity contribution in [1.82, 2.24) is 14.9 Å². The van der Waals surface area contributed by atoms with Gasteiger partial charge in [0, 0.05) is 13.1 Å².